The van der Waals surface area contributed by atoms with Gasteiger partial charge in [-0.3, -0.25) is 4.98 Å². The summed E-state index contributed by atoms with van der Waals surface area (Å²) in [6.07, 6.45) is 3.61. The molecule has 0 aromatic carbocycles. The van der Waals surface area contributed by atoms with Gasteiger partial charge in [0.05, 0.1) is 26.5 Å². The maximum absolute atomic E-state index is 5.90. The minimum absolute atomic E-state index is 0.218. The fourth-order valence-corrected chi connectivity index (χ4v) is 5.07. The Kier molecular flexibility index (Phi) is 4.03. The number of ether oxygens (including phenoxy) is 1. The van der Waals surface area contributed by atoms with E-state index in [4.69, 9.17) is 19.7 Å². The molecule has 0 unspecified atom stereocenters. The molecule has 0 saturated heterocycles. The van der Waals surface area contributed by atoms with Crippen LogP contribution in [0.25, 0.3) is 31.2 Å². The van der Waals surface area contributed by atoms with Gasteiger partial charge in [0.15, 0.2) is 0 Å². The smallest absolute Gasteiger partial charge is 0.237 e. The van der Waals surface area contributed by atoms with Crippen molar-refractivity contribution in [2.75, 3.05) is 6.61 Å². The van der Waals surface area contributed by atoms with Gasteiger partial charge in [-0.1, -0.05) is 0 Å². The molecular formula is C21H18N4OS2. The van der Waals surface area contributed by atoms with E-state index in [1.165, 1.54) is 0 Å². The van der Waals surface area contributed by atoms with Crippen molar-refractivity contribution in [3.05, 3.63) is 53.4 Å². The van der Waals surface area contributed by atoms with Crippen molar-refractivity contribution in [2.45, 2.75) is 26.3 Å². The second kappa shape index (κ2) is 6.46. The molecule has 140 valence electrons. The van der Waals surface area contributed by atoms with Crippen molar-refractivity contribution >= 4 is 38.7 Å². The first-order chi connectivity index (χ1) is 13.5. The fraction of sp³-hybridized carbons (Fsp3) is 0.238. The van der Waals surface area contributed by atoms with Crippen LogP contribution in [0.5, 0.6) is 0 Å². The highest BCUT2D eigenvalue weighted by atomic mass is 32.1. The van der Waals surface area contributed by atoms with Crippen LogP contribution >= 0.6 is 22.7 Å². The molecule has 0 spiro atoms. The van der Waals surface area contributed by atoms with Gasteiger partial charge in [-0.15, -0.1) is 22.7 Å². The Morgan fingerprint density at radius 2 is 2.07 bits per heavy atom. The molecule has 0 amide bonds. The summed E-state index contributed by atoms with van der Waals surface area (Å²) in [5.41, 5.74) is 3.49. The first kappa shape index (κ1) is 17.5. The van der Waals surface area contributed by atoms with Crippen molar-refractivity contribution in [1.82, 2.24) is 15.0 Å². The monoisotopic (exact) mass is 406 g/mol. The highest BCUT2D eigenvalue weighted by Gasteiger charge is 2.29. The third-order valence-corrected chi connectivity index (χ3v) is 6.71. The molecule has 0 aliphatic carbocycles. The van der Waals surface area contributed by atoms with Gasteiger partial charge in [-0.2, -0.15) is 0 Å². The fourth-order valence-electron chi connectivity index (χ4n) is 3.19. The number of rotatable bonds is 3. The number of aryl methyl sites for hydroxylation is 1. The van der Waals surface area contributed by atoms with E-state index in [1.807, 2.05) is 25.3 Å². The Bertz CT molecular complexity index is 1210. The van der Waals surface area contributed by atoms with Gasteiger partial charge in [0, 0.05) is 18.0 Å². The van der Waals surface area contributed by atoms with Crippen LogP contribution in [-0.4, -0.2) is 33.0 Å². The summed E-state index contributed by atoms with van der Waals surface area (Å²) in [5, 5.41) is 4.18. The zero-order valence-electron chi connectivity index (χ0n) is 15.8. The van der Waals surface area contributed by atoms with Crippen LogP contribution in [-0.2, 0) is 4.74 Å². The van der Waals surface area contributed by atoms with Crippen LogP contribution in [0, 0.1) is 6.92 Å². The van der Waals surface area contributed by atoms with Gasteiger partial charge in [0.1, 0.15) is 17.3 Å². The molecule has 5 rings (SSSR count). The molecule has 7 heteroatoms. The van der Waals surface area contributed by atoms with Gasteiger partial charge < -0.3 is 4.74 Å². The summed E-state index contributed by atoms with van der Waals surface area (Å²) in [6, 6.07) is 8.20. The number of thiazole rings is 1. The Hall–Kier alpha value is -2.64. The molecule has 0 fully saturated rings. The highest BCUT2D eigenvalue weighted by Crippen LogP contribution is 2.37. The molecule has 0 bridgehead atoms. The van der Waals surface area contributed by atoms with Gasteiger partial charge in [0.25, 0.3) is 0 Å². The minimum Gasteiger partial charge on any atom is -0.474 e. The van der Waals surface area contributed by atoms with E-state index < -0.39 is 0 Å². The number of hydrogen-bond acceptors (Lipinski definition) is 7. The SMILES string of the molecule is Cc1nc(-c2cccnc2)sc1-c1cc2ccsc2c(C2=NC(C)(C)CO2)n1. The second-order valence-electron chi connectivity index (χ2n) is 7.39. The van der Waals surface area contributed by atoms with Crippen molar-refractivity contribution in [3.8, 4) is 21.1 Å². The largest absolute Gasteiger partial charge is 0.474 e. The first-order valence-corrected chi connectivity index (χ1v) is 10.7. The summed E-state index contributed by atoms with van der Waals surface area (Å²) < 4.78 is 7.01. The number of pyridine rings is 2. The third-order valence-electron chi connectivity index (χ3n) is 4.54. The van der Waals surface area contributed by atoms with Crippen molar-refractivity contribution in [2.24, 2.45) is 4.99 Å². The molecule has 0 N–H and O–H groups in total. The summed E-state index contributed by atoms with van der Waals surface area (Å²) in [6.45, 7) is 6.75. The van der Waals surface area contributed by atoms with E-state index >= 15 is 0 Å². The van der Waals surface area contributed by atoms with E-state index in [-0.39, 0.29) is 5.54 Å². The van der Waals surface area contributed by atoms with Crippen LogP contribution in [0.3, 0.4) is 0 Å². The molecule has 1 aliphatic heterocycles. The normalized spacial score (nSPS) is 15.6. The van der Waals surface area contributed by atoms with Crippen LogP contribution in [0.2, 0.25) is 0 Å². The lowest BCUT2D eigenvalue weighted by molar-refractivity contribution is 0.279. The summed E-state index contributed by atoms with van der Waals surface area (Å²) in [5.74, 6) is 0.633. The summed E-state index contributed by atoms with van der Waals surface area (Å²) >= 11 is 3.30. The number of aromatic nitrogens is 3. The molecule has 5 nitrogen and oxygen atoms in total. The summed E-state index contributed by atoms with van der Waals surface area (Å²) in [4.78, 5) is 19.7. The first-order valence-electron chi connectivity index (χ1n) is 9.00. The molecule has 0 atom stereocenters. The van der Waals surface area contributed by atoms with E-state index in [0.717, 1.165) is 42.6 Å². The number of hydrogen-bond donors (Lipinski definition) is 0. The zero-order chi connectivity index (χ0) is 19.3. The lowest BCUT2D eigenvalue weighted by Gasteiger charge is -2.07. The highest BCUT2D eigenvalue weighted by molar-refractivity contribution is 7.18. The van der Waals surface area contributed by atoms with Crippen LogP contribution in [0.1, 0.15) is 25.2 Å². The molecule has 0 radical (unpaired) electrons. The topological polar surface area (TPSA) is 60.3 Å². The minimum atomic E-state index is -0.218. The molecular weight excluding hydrogens is 388 g/mol. The maximum Gasteiger partial charge on any atom is 0.237 e. The predicted molar refractivity (Wildman–Crippen MR) is 115 cm³/mol. The zero-order valence-corrected chi connectivity index (χ0v) is 17.4. The molecule has 28 heavy (non-hydrogen) atoms. The van der Waals surface area contributed by atoms with Gasteiger partial charge in [-0.05, 0) is 55.8 Å². The van der Waals surface area contributed by atoms with Gasteiger partial charge in [0.2, 0.25) is 5.90 Å². The molecule has 4 aromatic heterocycles. The predicted octanol–water partition coefficient (Wildman–Crippen LogP) is 5.35. The Labute approximate surface area is 170 Å². The van der Waals surface area contributed by atoms with E-state index in [0.29, 0.717) is 12.5 Å². The molecule has 0 saturated carbocycles. The van der Waals surface area contributed by atoms with Gasteiger partial charge >= 0.3 is 0 Å². The Morgan fingerprint density at radius 1 is 1.18 bits per heavy atom. The summed E-state index contributed by atoms with van der Waals surface area (Å²) in [7, 11) is 0. The standard InChI is InChI=1S/C21H18N4OS2/c1-12-17(28-20(23-12)14-5-4-7-22-10-14)15-9-13-6-8-27-18(13)16(24-15)19-25-21(2,3)11-26-19/h4-10H,11H2,1-3H3. The van der Waals surface area contributed by atoms with E-state index in [2.05, 4.69) is 36.3 Å². The lowest BCUT2D eigenvalue weighted by Crippen LogP contribution is -2.17. The number of fused-ring (bicyclic) bond motifs is 1. The third kappa shape index (κ3) is 3.00. The second-order valence-corrected chi connectivity index (χ2v) is 9.30. The van der Waals surface area contributed by atoms with Crippen molar-refractivity contribution < 1.29 is 4.74 Å². The van der Waals surface area contributed by atoms with Crippen LogP contribution in [0.4, 0.5) is 0 Å². The van der Waals surface area contributed by atoms with E-state index in [9.17, 15) is 0 Å². The van der Waals surface area contributed by atoms with Gasteiger partial charge in [-0.25, -0.2) is 15.0 Å². The Morgan fingerprint density at radius 3 is 2.82 bits per heavy atom. The molecule has 4 aromatic rings. The van der Waals surface area contributed by atoms with E-state index in [1.54, 1.807) is 28.9 Å². The number of nitrogens with zero attached hydrogens (tertiary/aromatic N) is 4. The Balaban J connectivity index is 1.66. The quantitative estimate of drug-likeness (QED) is 0.460. The van der Waals surface area contributed by atoms with Crippen LogP contribution < -0.4 is 0 Å². The van der Waals surface area contributed by atoms with Crippen LogP contribution in [0.15, 0.2) is 47.0 Å². The molecule has 5 heterocycles. The number of thiophene rings is 1. The molecule has 1 aliphatic rings. The maximum atomic E-state index is 5.90. The number of aliphatic imine (C=N–C) groups is 1. The van der Waals surface area contributed by atoms with Crippen molar-refractivity contribution in [3.63, 3.8) is 0 Å². The average Bonchev–Trinajstić information content (AvgIpc) is 3.39. The average molecular weight is 407 g/mol. The lowest BCUT2D eigenvalue weighted by atomic mass is 10.1. The van der Waals surface area contributed by atoms with Crippen molar-refractivity contribution in [1.29, 1.82) is 0 Å².